The number of aromatic amines is 1. The summed E-state index contributed by atoms with van der Waals surface area (Å²) in [7, 11) is 0. The summed E-state index contributed by atoms with van der Waals surface area (Å²) in [5.41, 5.74) is 4.56. The predicted octanol–water partition coefficient (Wildman–Crippen LogP) is 6.57. The van der Waals surface area contributed by atoms with Gasteiger partial charge in [-0.25, -0.2) is 14.5 Å². The first-order valence-corrected chi connectivity index (χ1v) is 13.6. The largest absolute Gasteiger partial charge is 0.352 e. The quantitative estimate of drug-likeness (QED) is 0.197. The zero-order valence-electron chi connectivity index (χ0n) is 22.7. The first kappa shape index (κ1) is 27.9. The molecule has 0 bridgehead atoms. The third-order valence-corrected chi connectivity index (χ3v) is 6.66. The van der Waals surface area contributed by atoms with Gasteiger partial charge in [0, 0.05) is 36.0 Å². The number of hydrogen-bond acceptors (Lipinski definition) is 6. The molecular weight excluding hydrogens is 541 g/mol. The molecule has 0 spiro atoms. The maximum atomic E-state index is 13.6. The maximum absolute atomic E-state index is 13.6. The van der Waals surface area contributed by atoms with Gasteiger partial charge in [0.25, 0.3) is 0 Å². The van der Waals surface area contributed by atoms with Gasteiger partial charge in [-0.1, -0.05) is 86.1 Å². The van der Waals surface area contributed by atoms with E-state index >= 15 is 0 Å². The van der Waals surface area contributed by atoms with Crippen molar-refractivity contribution in [2.24, 2.45) is 5.92 Å². The van der Waals surface area contributed by atoms with Gasteiger partial charge in [-0.15, -0.1) is 5.10 Å². The number of hydrogen-bond donors (Lipinski definition) is 2. The van der Waals surface area contributed by atoms with Crippen molar-refractivity contribution in [3.8, 4) is 22.6 Å². The van der Waals surface area contributed by atoms with Crippen LogP contribution in [0.5, 0.6) is 0 Å². The van der Waals surface area contributed by atoms with E-state index in [1.54, 1.807) is 6.07 Å². The Morgan fingerprint density at radius 1 is 0.976 bits per heavy atom. The number of aromatic nitrogens is 5. The lowest BCUT2D eigenvalue weighted by atomic mass is 10.0. The first-order chi connectivity index (χ1) is 19.9. The molecule has 2 N–H and O–H groups in total. The van der Waals surface area contributed by atoms with Crippen LogP contribution in [0.15, 0.2) is 84.9 Å². The summed E-state index contributed by atoms with van der Waals surface area (Å²) in [5.74, 6) is 0.795. The van der Waals surface area contributed by atoms with Gasteiger partial charge < -0.3 is 10.2 Å². The molecule has 2 aromatic heterocycles. The Kier molecular flexibility index (Phi) is 8.64. The van der Waals surface area contributed by atoms with Crippen molar-refractivity contribution < 1.29 is 9.18 Å². The molecule has 0 saturated heterocycles. The van der Waals surface area contributed by atoms with E-state index < -0.39 is 5.82 Å². The second-order valence-electron chi connectivity index (χ2n) is 10.1. The lowest BCUT2D eigenvalue weighted by molar-refractivity contribution is -0.115. The monoisotopic (exact) mass is 569 g/mol. The summed E-state index contributed by atoms with van der Waals surface area (Å²) in [5, 5.41) is 17.4. The van der Waals surface area contributed by atoms with Crippen molar-refractivity contribution in [1.29, 1.82) is 0 Å². The Morgan fingerprint density at radius 2 is 1.73 bits per heavy atom. The number of amides is 1. The molecule has 0 radical (unpaired) electrons. The molecule has 0 saturated carbocycles. The molecular formula is C31H29ClFN7O. The number of tetrazole rings is 1. The van der Waals surface area contributed by atoms with Crippen LogP contribution in [0.4, 0.5) is 15.9 Å². The minimum Gasteiger partial charge on any atom is -0.352 e. The van der Waals surface area contributed by atoms with E-state index in [2.05, 4.69) is 56.8 Å². The highest BCUT2D eigenvalue weighted by Gasteiger charge is 2.18. The van der Waals surface area contributed by atoms with Crippen LogP contribution < -0.4 is 10.2 Å². The van der Waals surface area contributed by atoms with E-state index in [-0.39, 0.29) is 17.4 Å². The Balaban J connectivity index is 1.55. The van der Waals surface area contributed by atoms with Crippen molar-refractivity contribution in [3.63, 3.8) is 0 Å². The summed E-state index contributed by atoms with van der Waals surface area (Å²) < 4.78 is 13.6. The fraction of sp³-hybridized carbons (Fsp3) is 0.194. The highest BCUT2D eigenvalue weighted by Crippen LogP contribution is 2.33. The van der Waals surface area contributed by atoms with E-state index in [0.717, 1.165) is 23.2 Å². The van der Waals surface area contributed by atoms with Crippen molar-refractivity contribution in [2.75, 3.05) is 16.8 Å². The molecule has 0 aliphatic rings. The number of benzene rings is 3. The molecule has 208 valence electrons. The third-order valence-electron chi connectivity index (χ3n) is 6.37. The molecule has 2 heterocycles. The van der Waals surface area contributed by atoms with Crippen molar-refractivity contribution in [3.05, 3.63) is 107 Å². The molecule has 5 aromatic rings. The summed E-state index contributed by atoms with van der Waals surface area (Å²) >= 11 is 5.93. The number of nitrogens with one attached hydrogen (secondary N) is 2. The second kappa shape index (κ2) is 12.7. The fourth-order valence-electron chi connectivity index (χ4n) is 4.60. The van der Waals surface area contributed by atoms with E-state index in [1.165, 1.54) is 12.1 Å². The lowest BCUT2D eigenvalue weighted by Crippen LogP contribution is -2.28. The molecule has 10 heteroatoms. The summed E-state index contributed by atoms with van der Waals surface area (Å²) in [6, 6.07) is 25.9. The van der Waals surface area contributed by atoms with Crippen LogP contribution in [0.2, 0.25) is 5.02 Å². The average Bonchev–Trinajstić information content (AvgIpc) is 3.50. The van der Waals surface area contributed by atoms with Crippen LogP contribution in [0.3, 0.4) is 0 Å². The number of H-pyrrole nitrogens is 1. The second-order valence-corrected chi connectivity index (χ2v) is 10.5. The third kappa shape index (κ3) is 7.12. The first-order valence-electron chi connectivity index (χ1n) is 13.2. The molecule has 1 amide bonds. The topological polar surface area (TPSA) is 99.7 Å². The highest BCUT2D eigenvalue weighted by molar-refractivity contribution is 6.30. The molecule has 3 aromatic carbocycles. The molecule has 0 aliphatic heterocycles. The molecule has 5 rings (SSSR count). The summed E-state index contributed by atoms with van der Waals surface area (Å²) in [6.07, 6.45) is 0.0348. The summed E-state index contributed by atoms with van der Waals surface area (Å²) in [4.78, 5) is 20.4. The van der Waals surface area contributed by atoms with E-state index in [0.29, 0.717) is 41.0 Å². The number of carbonyl (C=O) groups is 1. The highest BCUT2D eigenvalue weighted by atomic mass is 35.5. The average molecular weight is 570 g/mol. The molecule has 41 heavy (non-hydrogen) atoms. The Morgan fingerprint density at radius 3 is 2.44 bits per heavy atom. The summed E-state index contributed by atoms with van der Waals surface area (Å²) in [6.45, 7) is 5.71. The van der Waals surface area contributed by atoms with Gasteiger partial charge in [0.1, 0.15) is 11.6 Å². The number of carbonyl (C=O) groups excluding carboxylic acids is 1. The molecule has 0 atom stereocenters. The number of pyridine rings is 1. The number of rotatable bonds is 10. The van der Waals surface area contributed by atoms with Crippen LogP contribution in [-0.4, -0.2) is 38.1 Å². The van der Waals surface area contributed by atoms with Crippen LogP contribution >= 0.6 is 11.6 Å². The molecule has 8 nitrogen and oxygen atoms in total. The van der Waals surface area contributed by atoms with Crippen LogP contribution in [-0.2, 0) is 17.8 Å². The Labute approximate surface area is 242 Å². The molecule has 0 fully saturated rings. The van der Waals surface area contributed by atoms with Crippen molar-refractivity contribution >= 4 is 29.0 Å². The van der Waals surface area contributed by atoms with Crippen molar-refractivity contribution in [2.45, 2.75) is 26.8 Å². The van der Waals surface area contributed by atoms with Gasteiger partial charge in [0.05, 0.1) is 17.1 Å². The van der Waals surface area contributed by atoms with Crippen molar-refractivity contribution in [1.82, 2.24) is 25.6 Å². The Hall–Kier alpha value is -4.63. The minimum atomic E-state index is -0.525. The number of halogens is 2. The minimum absolute atomic E-state index is 0.0208. The maximum Gasteiger partial charge on any atom is 0.228 e. The van der Waals surface area contributed by atoms with Gasteiger partial charge >= 0.3 is 0 Å². The van der Waals surface area contributed by atoms with Crippen LogP contribution in [0.1, 0.15) is 25.0 Å². The van der Waals surface area contributed by atoms with E-state index in [1.807, 2.05) is 54.6 Å². The van der Waals surface area contributed by atoms with Crippen LogP contribution in [0, 0.1) is 11.7 Å². The fourth-order valence-corrected chi connectivity index (χ4v) is 4.80. The SMILES string of the molecule is CC(C)CN(Cc1ccccc1)c1cc(NC(=O)Cc2ccc(F)c(Cl)c2)cc(-c2ccccc2-c2nnn[nH]2)n1. The van der Waals surface area contributed by atoms with Gasteiger partial charge in [0.2, 0.25) is 5.91 Å². The smallest absolute Gasteiger partial charge is 0.228 e. The van der Waals surface area contributed by atoms with Gasteiger partial charge in [-0.3, -0.25) is 4.79 Å². The van der Waals surface area contributed by atoms with Gasteiger partial charge in [0.15, 0.2) is 5.82 Å². The van der Waals surface area contributed by atoms with E-state index in [4.69, 9.17) is 16.6 Å². The zero-order chi connectivity index (χ0) is 28.8. The molecule has 0 unspecified atom stereocenters. The number of nitrogens with zero attached hydrogens (tertiary/aromatic N) is 5. The normalized spacial score (nSPS) is 11.0. The predicted molar refractivity (Wildman–Crippen MR) is 159 cm³/mol. The van der Waals surface area contributed by atoms with E-state index in [9.17, 15) is 9.18 Å². The molecule has 0 aliphatic carbocycles. The standard InChI is InChI=1S/C31H29ClFN7O/c1-20(2)18-40(19-21-8-4-3-5-9-21)29-17-23(34-30(41)15-22-12-13-27(33)26(32)14-22)16-28(35-29)24-10-6-7-11-25(24)31-36-38-39-37-31/h3-14,16-17,20H,15,18-19H2,1-2H3,(H,34,35,41)(H,36,37,38,39). The lowest BCUT2D eigenvalue weighted by Gasteiger charge is -2.27. The van der Waals surface area contributed by atoms with Crippen LogP contribution in [0.25, 0.3) is 22.6 Å². The van der Waals surface area contributed by atoms with Gasteiger partial charge in [-0.2, -0.15) is 0 Å². The number of anilines is 2. The zero-order valence-corrected chi connectivity index (χ0v) is 23.4. The van der Waals surface area contributed by atoms with Gasteiger partial charge in [-0.05, 0) is 45.7 Å². The Bertz CT molecular complexity index is 1630.